The number of ether oxygens (including phenoxy) is 1. The van der Waals surface area contributed by atoms with Crippen LogP contribution in [0.15, 0.2) is 66.1 Å². The Morgan fingerprint density at radius 1 is 1.11 bits per heavy atom. The van der Waals surface area contributed by atoms with E-state index in [1.165, 1.54) is 5.56 Å². The van der Waals surface area contributed by atoms with Crippen LogP contribution in [0.4, 0.5) is 0 Å². The first-order valence-electron chi connectivity index (χ1n) is 8.91. The molecule has 1 unspecified atom stereocenters. The van der Waals surface area contributed by atoms with Gasteiger partial charge in [0.1, 0.15) is 11.6 Å². The molecule has 1 aliphatic rings. The maximum absolute atomic E-state index is 9.76. The van der Waals surface area contributed by atoms with E-state index in [9.17, 15) is 5.26 Å². The van der Waals surface area contributed by atoms with Gasteiger partial charge in [-0.1, -0.05) is 68.4 Å². The number of allylic oxidation sites excluding steroid dienone is 1. The van der Waals surface area contributed by atoms with E-state index < -0.39 is 0 Å². The smallest absolute Gasteiger partial charge is 0.244 e. The van der Waals surface area contributed by atoms with Crippen molar-refractivity contribution in [2.45, 2.75) is 25.7 Å². The zero-order chi connectivity index (χ0) is 19.0. The van der Waals surface area contributed by atoms with E-state index in [0.29, 0.717) is 17.4 Å². The molecule has 5 nitrogen and oxygen atoms in total. The highest BCUT2D eigenvalue weighted by Gasteiger charge is 2.35. The zero-order valence-corrected chi connectivity index (χ0v) is 15.2. The summed E-state index contributed by atoms with van der Waals surface area (Å²) in [6.07, 6.45) is 0. The minimum absolute atomic E-state index is 0.106. The van der Waals surface area contributed by atoms with E-state index in [1.807, 2.05) is 30.3 Å². The molecule has 4 rings (SSSR count). The second-order valence-electron chi connectivity index (χ2n) is 6.93. The lowest BCUT2D eigenvalue weighted by atomic mass is 9.82. The molecule has 5 heteroatoms. The van der Waals surface area contributed by atoms with Gasteiger partial charge in [0.25, 0.3) is 0 Å². The van der Waals surface area contributed by atoms with Gasteiger partial charge in [-0.25, -0.2) is 0 Å². The molecule has 0 spiro atoms. The first-order valence-corrected chi connectivity index (χ1v) is 8.91. The molecular weight excluding hydrogens is 336 g/mol. The molecule has 3 aromatic rings. The second kappa shape index (κ2) is 6.65. The summed E-state index contributed by atoms with van der Waals surface area (Å²) < 4.78 is 5.64. The number of nitriles is 1. The number of benzene rings is 2. The van der Waals surface area contributed by atoms with Crippen molar-refractivity contribution in [1.82, 2.24) is 10.2 Å². The highest BCUT2D eigenvalue weighted by atomic mass is 16.5. The molecule has 0 amide bonds. The van der Waals surface area contributed by atoms with Crippen LogP contribution in [0.1, 0.15) is 42.4 Å². The molecule has 0 bridgehead atoms. The van der Waals surface area contributed by atoms with Gasteiger partial charge in [0.05, 0.1) is 17.2 Å². The van der Waals surface area contributed by atoms with Crippen molar-refractivity contribution in [3.8, 4) is 23.2 Å². The standard InChI is InChI=1S/C22H20N4O/c1-13(2)14-8-10-15(11-9-14)18-17(12-23)21(24)27-22-19(18)20(25-26-22)16-6-4-3-5-7-16/h3-11,13,18H,24H2,1-2H3,(H,25,26). The van der Waals surface area contributed by atoms with Gasteiger partial charge in [-0.3, -0.25) is 5.10 Å². The highest BCUT2D eigenvalue weighted by molar-refractivity contribution is 5.70. The molecule has 0 radical (unpaired) electrons. The Balaban J connectivity index is 1.90. The number of fused-ring (bicyclic) bond motifs is 1. The molecule has 0 fully saturated rings. The van der Waals surface area contributed by atoms with Crippen LogP contribution in [0, 0.1) is 11.3 Å². The summed E-state index contributed by atoms with van der Waals surface area (Å²) in [5.74, 6) is 0.639. The Bertz CT molecular complexity index is 1040. The number of H-pyrrole nitrogens is 1. The number of nitrogens with two attached hydrogens (primary N) is 1. The average Bonchev–Trinajstić information content (AvgIpc) is 3.11. The largest absolute Gasteiger partial charge is 0.420 e. The predicted molar refractivity (Wildman–Crippen MR) is 104 cm³/mol. The van der Waals surface area contributed by atoms with Gasteiger partial charge in [0.15, 0.2) is 0 Å². The fraction of sp³-hybridized carbons (Fsp3) is 0.182. The molecule has 0 saturated heterocycles. The lowest BCUT2D eigenvalue weighted by Gasteiger charge is -2.24. The van der Waals surface area contributed by atoms with Crippen molar-refractivity contribution in [3.63, 3.8) is 0 Å². The molecule has 0 aliphatic carbocycles. The second-order valence-corrected chi connectivity index (χ2v) is 6.93. The fourth-order valence-corrected chi connectivity index (χ4v) is 3.48. The Hall–Kier alpha value is -3.52. The Kier molecular flexibility index (Phi) is 4.17. The molecule has 2 heterocycles. The molecule has 0 saturated carbocycles. The summed E-state index contributed by atoms with van der Waals surface area (Å²) >= 11 is 0. The lowest BCUT2D eigenvalue weighted by molar-refractivity contribution is 0.379. The van der Waals surface area contributed by atoms with Crippen LogP contribution in [0.2, 0.25) is 0 Å². The van der Waals surface area contributed by atoms with Gasteiger partial charge in [0.2, 0.25) is 11.8 Å². The number of hydrogen-bond acceptors (Lipinski definition) is 4. The van der Waals surface area contributed by atoms with Crippen LogP contribution < -0.4 is 10.5 Å². The van der Waals surface area contributed by atoms with E-state index >= 15 is 0 Å². The SMILES string of the molecule is CC(C)c1ccc(C2C(C#N)=C(N)Oc3n[nH]c(-c4ccccc4)c32)cc1. The first kappa shape index (κ1) is 16.9. The molecule has 27 heavy (non-hydrogen) atoms. The van der Waals surface area contributed by atoms with Crippen LogP contribution in [0.5, 0.6) is 5.88 Å². The number of aromatic amines is 1. The quantitative estimate of drug-likeness (QED) is 0.727. The topological polar surface area (TPSA) is 87.7 Å². The molecule has 134 valence electrons. The summed E-state index contributed by atoms with van der Waals surface area (Å²) in [5.41, 5.74) is 11.3. The van der Waals surface area contributed by atoms with Gasteiger partial charge in [-0.15, -0.1) is 5.10 Å². The summed E-state index contributed by atoms with van der Waals surface area (Å²) in [5, 5.41) is 17.1. The Labute approximate surface area is 158 Å². The third-order valence-electron chi connectivity index (χ3n) is 4.94. The van der Waals surface area contributed by atoms with Gasteiger partial charge in [-0.2, -0.15) is 5.26 Å². The number of nitrogens with one attached hydrogen (secondary N) is 1. The van der Waals surface area contributed by atoms with Crippen LogP contribution in [-0.2, 0) is 0 Å². The Morgan fingerprint density at radius 3 is 2.44 bits per heavy atom. The van der Waals surface area contributed by atoms with E-state index in [1.54, 1.807) is 0 Å². The molecular formula is C22H20N4O. The van der Waals surface area contributed by atoms with Crippen LogP contribution >= 0.6 is 0 Å². The molecule has 1 aromatic heterocycles. The van der Waals surface area contributed by atoms with Gasteiger partial charge < -0.3 is 10.5 Å². The third-order valence-corrected chi connectivity index (χ3v) is 4.94. The molecule has 3 N–H and O–H groups in total. The highest BCUT2D eigenvalue weighted by Crippen LogP contribution is 2.45. The molecule has 1 aliphatic heterocycles. The number of aromatic nitrogens is 2. The van der Waals surface area contributed by atoms with Crippen molar-refractivity contribution >= 4 is 0 Å². The van der Waals surface area contributed by atoms with Crippen molar-refractivity contribution in [2.24, 2.45) is 5.73 Å². The van der Waals surface area contributed by atoms with Gasteiger partial charge in [0, 0.05) is 0 Å². The summed E-state index contributed by atoms with van der Waals surface area (Å²) in [6.45, 7) is 4.31. The Morgan fingerprint density at radius 2 is 1.81 bits per heavy atom. The summed E-state index contributed by atoms with van der Waals surface area (Å²) in [7, 11) is 0. The number of rotatable bonds is 3. The van der Waals surface area contributed by atoms with E-state index in [0.717, 1.165) is 22.4 Å². The zero-order valence-electron chi connectivity index (χ0n) is 15.2. The normalized spacial score (nSPS) is 16.0. The van der Waals surface area contributed by atoms with Crippen LogP contribution in [0.3, 0.4) is 0 Å². The minimum Gasteiger partial charge on any atom is -0.420 e. The lowest BCUT2D eigenvalue weighted by Crippen LogP contribution is -2.21. The van der Waals surface area contributed by atoms with Gasteiger partial charge >= 0.3 is 0 Å². The van der Waals surface area contributed by atoms with Crippen molar-refractivity contribution in [3.05, 3.63) is 82.7 Å². The number of nitrogens with zero attached hydrogens (tertiary/aromatic N) is 2. The van der Waals surface area contributed by atoms with Crippen molar-refractivity contribution in [1.29, 1.82) is 5.26 Å². The number of hydrogen-bond donors (Lipinski definition) is 2. The van der Waals surface area contributed by atoms with Crippen LogP contribution in [-0.4, -0.2) is 10.2 Å². The molecule has 1 atom stereocenters. The van der Waals surface area contributed by atoms with E-state index in [2.05, 4.69) is 54.4 Å². The van der Waals surface area contributed by atoms with E-state index in [4.69, 9.17) is 10.5 Å². The van der Waals surface area contributed by atoms with Crippen molar-refractivity contribution < 1.29 is 4.74 Å². The fourth-order valence-electron chi connectivity index (χ4n) is 3.48. The average molecular weight is 356 g/mol. The van der Waals surface area contributed by atoms with Crippen LogP contribution in [0.25, 0.3) is 11.3 Å². The monoisotopic (exact) mass is 356 g/mol. The third kappa shape index (κ3) is 2.85. The predicted octanol–water partition coefficient (Wildman–Crippen LogP) is 4.42. The first-order chi connectivity index (χ1) is 13.1. The summed E-state index contributed by atoms with van der Waals surface area (Å²) in [6, 6.07) is 20.4. The maximum Gasteiger partial charge on any atom is 0.244 e. The minimum atomic E-state index is -0.325. The summed E-state index contributed by atoms with van der Waals surface area (Å²) in [4.78, 5) is 0. The molecule has 2 aromatic carbocycles. The van der Waals surface area contributed by atoms with Crippen molar-refractivity contribution in [2.75, 3.05) is 0 Å². The van der Waals surface area contributed by atoms with Gasteiger partial charge in [-0.05, 0) is 22.6 Å². The maximum atomic E-state index is 9.76. The van der Waals surface area contributed by atoms with E-state index in [-0.39, 0.29) is 11.8 Å².